The fraction of sp³-hybridized carbons (Fsp3) is 0.529. The molecular weight excluding hydrogens is 358 g/mol. The molecule has 2 amide bonds. The molecule has 0 saturated carbocycles. The van der Waals surface area contributed by atoms with Crippen molar-refractivity contribution in [3.63, 3.8) is 0 Å². The number of aryl methyl sites for hydroxylation is 1. The number of sulfonamides is 1. The number of ether oxygens (including phenoxy) is 1. The third-order valence-electron chi connectivity index (χ3n) is 5.57. The first-order valence-corrected chi connectivity index (χ1v) is 10.2. The van der Waals surface area contributed by atoms with Gasteiger partial charge in [-0.05, 0) is 36.6 Å². The molecule has 1 aromatic rings. The van der Waals surface area contributed by atoms with Crippen LogP contribution in [0, 0.1) is 0 Å². The van der Waals surface area contributed by atoms with Crippen LogP contribution in [-0.4, -0.2) is 61.4 Å². The predicted molar refractivity (Wildman–Crippen MR) is 93.2 cm³/mol. The van der Waals surface area contributed by atoms with Gasteiger partial charge in [0.05, 0.1) is 10.4 Å². The molecule has 1 aromatic carbocycles. The van der Waals surface area contributed by atoms with Crippen LogP contribution >= 0.6 is 0 Å². The quantitative estimate of drug-likeness (QED) is 0.851. The van der Waals surface area contributed by atoms with Crippen LogP contribution in [0.15, 0.2) is 23.1 Å². The highest BCUT2D eigenvalue weighted by atomic mass is 32.2. The first-order chi connectivity index (χ1) is 12.4. The Bertz CT molecular complexity index is 884. The van der Waals surface area contributed by atoms with E-state index in [9.17, 15) is 18.0 Å². The summed E-state index contributed by atoms with van der Waals surface area (Å²) in [5.41, 5.74) is 0.906. The molecule has 3 heterocycles. The maximum Gasteiger partial charge on any atom is 0.410 e. The zero-order valence-electron chi connectivity index (χ0n) is 14.5. The van der Waals surface area contributed by atoms with E-state index in [1.54, 1.807) is 17.0 Å². The van der Waals surface area contributed by atoms with Crippen molar-refractivity contribution in [2.45, 2.75) is 36.6 Å². The van der Waals surface area contributed by atoms with Gasteiger partial charge in [-0.15, -0.1) is 0 Å². The number of hydrogen-bond donors (Lipinski definition) is 1. The summed E-state index contributed by atoms with van der Waals surface area (Å²) in [6.07, 6.45) is 1.14. The minimum absolute atomic E-state index is 0.0555. The highest BCUT2D eigenvalue weighted by molar-refractivity contribution is 7.89. The van der Waals surface area contributed by atoms with Crippen LogP contribution in [0.2, 0.25) is 0 Å². The molecule has 0 bridgehead atoms. The lowest BCUT2D eigenvalue weighted by atomic mass is 9.94. The van der Waals surface area contributed by atoms with E-state index in [4.69, 9.17) is 4.74 Å². The third kappa shape index (κ3) is 2.57. The molecule has 2 fully saturated rings. The van der Waals surface area contributed by atoms with Gasteiger partial charge in [-0.25, -0.2) is 13.2 Å². The summed E-state index contributed by atoms with van der Waals surface area (Å²) >= 11 is 0. The van der Waals surface area contributed by atoms with Crippen molar-refractivity contribution >= 4 is 27.7 Å². The summed E-state index contributed by atoms with van der Waals surface area (Å²) in [5.74, 6) is -0.0555. The Balaban J connectivity index is 1.63. The van der Waals surface area contributed by atoms with E-state index < -0.39 is 15.6 Å². The molecule has 0 spiro atoms. The molecule has 1 atom stereocenters. The number of carbonyl (C=O) groups is 2. The van der Waals surface area contributed by atoms with Crippen molar-refractivity contribution in [2.75, 3.05) is 31.6 Å². The summed E-state index contributed by atoms with van der Waals surface area (Å²) in [4.78, 5) is 25.2. The van der Waals surface area contributed by atoms with Crippen molar-refractivity contribution in [3.8, 4) is 0 Å². The van der Waals surface area contributed by atoms with Crippen LogP contribution in [0.3, 0.4) is 0 Å². The van der Waals surface area contributed by atoms with Crippen LogP contribution in [0.1, 0.15) is 25.3 Å². The third-order valence-corrected chi connectivity index (χ3v) is 7.41. The molecular formula is C17H21N3O5S. The number of nitrogens with zero attached hydrogens (tertiary/aromatic N) is 2. The van der Waals surface area contributed by atoms with E-state index in [1.807, 2.05) is 6.92 Å². The Labute approximate surface area is 152 Å². The predicted octanol–water partition coefficient (Wildman–Crippen LogP) is 1.18. The minimum Gasteiger partial charge on any atom is -0.447 e. The van der Waals surface area contributed by atoms with Gasteiger partial charge in [0, 0.05) is 31.7 Å². The summed E-state index contributed by atoms with van der Waals surface area (Å²) < 4.78 is 32.9. The van der Waals surface area contributed by atoms with Gasteiger partial charge in [-0.2, -0.15) is 4.31 Å². The van der Waals surface area contributed by atoms with Crippen molar-refractivity contribution in [1.82, 2.24) is 9.21 Å². The monoisotopic (exact) mass is 379 g/mol. The molecule has 0 aromatic heterocycles. The number of rotatable bonds is 3. The Kier molecular flexibility index (Phi) is 3.96. The van der Waals surface area contributed by atoms with E-state index in [0.29, 0.717) is 31.5 Å². The van der Waals surface area contributed by atoms with Gasteiger partial charge in [0.1, 0.15) is 6.61 Å². The van der Waals surface area contributed by atoms with E-state index in [1.165, 1.54) is 10.4 Å². The van der Waals surface area contributed by atoms with Crippen molar-refractivity contribution in [3.05, 3.63) is 23.8 Å². The summed E-state index contributed by atoms with van der Waals surface area (Å²) in [6.45, 7) is 2.95. The van der Waals surface area contributed by atoms with Gasteiger partial charge < -0.3 is 10.1 Å². The van der Waals surface area contributed by atoms with Crippen LogP contribution < -0.4 is 5.32 Å². The number of cyclic esters (lactones) is 1. The molecule has 0 aliphatic carbocycles. The molecule has 140 valence electrons. The smallest absolute Gasteiger partial charge is 0.410 e. The second-order valence-electron chi connectivity index (χ2n) is 6.99. The summed E-state index contributed by atoms with van der Waals surface area (Å²) in [5, 5.41) is 2.76. The standard InChI is InChI=1S/C17H21N3O5S/c1-2-17-10-19(7-8-20(17)16(22)25-11-17)26(23,24)13-4-5-14-12(9-13)3-6-15(21)18-14/h4-5,9H,2-3,6-8,10-11H2,1H3,(H,18,21). The molecule has 1 unspecified atom stereocenters. The van der Waals surface area contributed by atoms with E-state index >= 15 is 0 Å². The van der Waals surface area contributed by atoms with E-state index in [2.05, 4.69) is 5.32 Å². The van der Waals surface area contributed by atoms with Crippen molar-refractivity contribution in [2.24, 2.45) is 0 Å². The minimum atomic E-state index is -3.69. The second-order valence-corrected chi connectivity index (χ2v) is 8.93. The average Bonchev–Trinajstić information content (AvgIpc) is 2.98. The topological polar surface area (TPSA) is 96.0 Å². The molecule has 0 radical (unpaired) electrons. The van der Waals surface area contributed by atoms with E-state index in [0.717, 1.165) is 5.56 Å². The van der Waals surface area contributed by atoms with Gasteiger partial charge in [0.2, 0.25) is 15.9 Å². The molecule has 2 saturated heterocycles. The number of carbonyl (C=O) groups excluding carboxylic acids is 2. The number of anilines is 1. The number of nitrogens with one attached hydrogen (secondary N) is 1. The van der Waals surface area contributed by atoms with Gasteiger partial charge in [-0.1, -0.05) is 6.92 Å². The first kappa shape index (κ1) is 17.3. The average molecular weight is 379 g/mol. The number of fused-ring (bicyclic) bond motifs is 2. The lowest BCUT2D eigenvalue weighted by molar-refractivity contribution is -0.116. The Morgan fingerprint density at radius 2 is 2.04 bits per heavy atom. The Morgan fingerprint density at radius 3 is 2.81 bits per heavy atom. The molecule has 3 aliphatic rings. The Morgan fingerprint density at radius 1 is 1.23 bits per heavy atom. The normalized spacial score (nSPS) is 26.1. The lowest BCUT2D eigenvalue weighted by Gasteiger charge is -2.43. The van der Waals surface area contributed by atoms with Crippen LogP contribution in [0.5, 0.6) is 0 Å². The summed E-state index contributed by atoms with van der Waals surface area (Å²) in [6, 6.07) is 4.82. The maximum absolute atomic E-state index is 13.2. The zero-order chi connectivity index (χ0) is 18.5. The van der Waals surface area contributed by atoms with Gasteiger partial charge in [-0.3, -0.25) is 9.69 Å². The highest BCUT2D eigenvalue weighted by Gasteiger charge is 2.51. The molecule has 26 heavy (non-hydrogen) atoms. The Hall–Kier alpha value is -2.13. The van der Waals surface area contributed by atoms with Gasteiger partial charge >= 0.3 is 6.09 Å². The first-order valence-electron chi connectivity index (χ1n) is 8.73. The van der Waals surface area contributed by atoms with Crippen LogP contribution in [-0.2, 0) is 26.0 Å². The maximum atomic E-state index is 13.2. The van der Waals surface area contributed by atoms with Crippen molar-refractivity contribution < 1.29 is 22.7 Å². The number of amides is 2. The number of benzene rings is 1. The van der Waals surface area contributed by atoms with Crippen LogP contribution in [0.4, 0.5) is 10.5 Å². The lowest BCUT2D eigenvalue weighted by Crippen LogP contribution is -2.62. The summed E-state index contributed by atoms with van der Waals surface area (Å²) in [7, 11) is -3.69. The molecule has 9 heteroatoms. The van der Waals surface area contributed by atoms with E-state index in [-0.39, 0.29) is 36.6 Å². The second kappa shape index (κ2) is 5.95. The number of piperazine rings is 1. The highest BCUT2D eigenvalue weighted by Crippen LogP contribution is 2.34. The molecule has 4 rings (SSSR count). The fourth-order valence-electron chi connectivity index (χ4n) is 3.90. The van der Waals surface area contributed by atoms with Gasteiger partial charge in [0.25, 0.3) is 0 Å². The fourth-order valence-corrected chi connectivity index (χ4v) is 5.46. The van der Waals surface area contributed by atoms with Crippen molar-refractivity contribution in [1.29, 1.82) is 0 Å². The SMILES string of the molecule is CCC12COC(=O)N1CCN(S(=O)(=O)c1ccc3c(c1)CCC(=O)N3)C2. The largest absolute Gasteiger partial charge is 0.447 e. The molecule has 1 N–H and O–H groups in total. The van der Waals surface area contributed by atoms with Crippen LogP contribution in [0.25, 0.3) is 0 Å². The number of hydrogen-bond acceptors (Lipinski definition) is 5. The molecule has 3 aliphatic heterocycles. The zero-order valence-corrected chi connectivity index (χ0v) is 15.3. The molecule has 8 nitrogen and oxygen atoms in total. The van der Waals surface area contributed by atoms with Gasteiger partial charge in [0.15, 0.2) is 0 Å².